The highest BCUT2D eigenvalue weighted by Crippen LogP contribution is 2.31. The normalized spacial score (nSPS) is 27.6. The highest BCUT2D eigenvalue weighted by atomic mass is 79.9. The summed E-state index contributed by atoms with van der Waals surface area (Å²) in [7, 11) is 2.11. The Hall–Kier alpha value is -1.05. The molecule has 1 aromatic rings. The van der Waals surface area contributed by atoms with E-state index in [1.54, 1.807) is 0 Å². The van der Waals surface area contributed by atoms with Gasteiger partial charge in [0.2, 0.25) is 0 Å². The van der Waals surface area contributed by atoms with E-state index in [1.807, 2.05) is 0 Å². The van der Waals surface area contributed by atoms with E-state index in [2.05, 4.69) is 58.2 Å². The van der Waals surface area contributed by atoms with E-state index in [0.29, 0.717) is 6.04 Å². The van der Waals surface area contributed by atoms with E-state index >= 15 is 0 Å². The van der Waals surface area contributed by atoms with Crippen LogP contribution in [0.25, 0.3) is 0 Å². The summed E-state index contributed by atoms with van der Waals surface area (Å²) in [4.78, 5) is 2.30. The highest BCUT2D eigenvalue weighted by Gasteiger charge is 2.33. The van der Waals surface area contributed by atoms with Crippen LogP contribution in [0.2, 0.25) is 0 Å². The van der Waals surface area contributed by atoms with Crippen LogP contribution in [0.15, 0.2) is 28.7 Å². The van der Waals surface area contributed by atoms with E-state index in [0.717, 1.165) is 30.2 Å². The minimum absolute atomic E-state index is 0.483. The minimum Gasteiger partial charge on any atom is -0.372 e. The summed E-state index contributed by atoms with van der Waals surface area (Å²) in [5, 5.41) is 9.03. The van der Waals surface area contributed by atoms with Gasteiger partial charge in [0, 0.05) is 23.2 Å². The summed E-state index contributed by atoms with van der Waals surface area (Å²) in [5.74, 6) is 0. The molecule has 0 radical (unpaired) electrons. The second-order valence-corrected chi connectivity index (χ2v) is 6.00. The summed E-state index contributed by atoms with van der Waals surface area (Å²) >= 11 is 3.44. The van der Waals surface area contributed by atoms with E-state index in [4.69, 9.17) is 11.0 Å². The van der Waals surface area contributed by atoms with Crippen molar-refractivity contribution in [3.63, 3.8) is 0 Å². The zero-order valence-electron chi connectivity index (χ0n) is 10.6. The molecule has 1 aliphatic rings. The average Bonchev–Trinajstić information content (AvgIpc) is 2.40. The van der Waals surface area contributed by atoms with Crippen molar-refractivity contribution in [2.75, 3.05) is 11.9 Å². The summed E-state index contributed by atoms with van der Waals surface area (Å²) in [6, 6.07) is 11.0. The topological polar surface area (TPSA) is 53.0 Å². The monoisotopic (exact) mass is 307 g/mol. The van der Waals surface area contributed by atoms with E-state index in [1.165, 1.54) is 5.69 Å². The van der Waals surface area contributed by atoms with Crippen molar-refractivity contribution < 1.29 is 0 Å². The molecule has 0 heterocycles. The van der Waals surface area contributed by atoms with Crippen LogP contribution in [0.3, 0.4) is 0 Å². The molecule has 96 valence electrons. The lowest BCUT2D eigenvalue weighted by molar-refractivity contribution is 0.327. The lowest BCUT2D eigenvalue weighted by Gasteiger charge is -2.38. The molecule has 0 saturated heterocycles. The fourth-order valence-corrected chi connectivity index (χ4v) is 2.77. The number of nitrogens with two attached hydrogens (primary N) is 1. The molecule has 0 unspecified atom stereocenters. The van der Waals surface area contributed by atoms with Gasteiger partial charge in [-0.15, -0.1) is 0 Å². The maximum Gasteiger partial charge on any atom is 0.104 e. The lowest BCUT2D eigenvalue weighted by atomic mass is 9.80. The SMILES string of the molecule is CN(c1ccc(Br)cc1)C1CCC(N)(C#N)CC1. The van der Waals surface area contributed by atoms with Gasteiger partial charge in [0.05, 0.1) is 6.07 Å². The molecule has 1 fully saturated rings. The quantitative estimate of drug-likeness (QED) is 0.913. The fourth-order valence-electron chi connectivity index (χ4n) is 2.50. The first-order valence-electron chi connectivity index (χ1n) is 6.23. The van der Waals surface area contributed by atoms with Gasteiger partial charge in [-0.1, -0.05) is 15.9 Å². The molecule has 1 saturated carbocycles. The first kappa shape index (κ1) is 13.4. The third-order valence-electron chi connectivity index (χ3n) is 3.85. The van der Waals surface area contributed by atoms with Gasteiger partial charge in [0.1, 0.15) is 5.54 Å². The molecular formula is C14H18BrN3. The van der Waals surface area contributed by atoms with Gasteiger partial charge in [-0.25, -0.2) is 0 Å². The zero-order valence-corrected chi connectivity index (χ0v) is 12.2. The summed E-state index contributed by atoms with van der Waals surface area (Å²) in [6.07, 6.45) is 3.54. The van der Waals surface area contributed by atoms with Gasteiger partial charge in [-0.2, -0.15) is 5.26 Å². The number of nitrogens with zero attached hydrogens (tertiary/aromatic N) is 2. The summed E-state index contributed by atoms with van der Waals surface area (Å²) < 4.78 is 1.09. The number of hydrogen-bond donors (Lipinski definition) is 1. The highest BCUT2D eigenvalue weighted by molar-refractivity contribution is 9.10. The Morgan fingerprint density at radius 2 is 1.89 bits per heavy atom. The average molecular weight is 308 g/mol. The van der Waals surface area contributed by atoms with Crippen molar-refractivity contribution in [2.45, 2.75) is 37.3 Å². The number of halogens is 1. The third kappa shape index (κ3) is 2.85. The Morgan fingerprint density at radius 3 is 2.39 bits per heavy atom. The van der Waals surface area contributed by atoms with Gasteiger partial charge in [0.15, 0.2) is 0 Å². The largest absolute Gasteiger partial charge is 0.372 e. The predicted molar refractivity (Wildman–Crippen MR) is 77.3 cm³/mol. The van der Waals surface area contributed by atoms with E-state index in [9.17, 15) is 0 Å². The minimum atomic E-state index is -0.600. The second-order valence-electron chi connectivity index (χ2n) is 5.09. The molecule has 2 N–H and O–H groups in total. The lowest BCUT2D eigenvalue weighted by Crippen LogP contribution is -2.46. The number of benzene rings is 1. The standard InChI is InChI=1S/C14H18BrN3/c1-18(12-4-2-11(15)3-5-12)13-6-8-14(17,10-16)9-7-13/h2-5,13H,6-9,17H2,1H3. The Bertz CT molecular complexity index is 441. The van der Waals surface area contributed by atoms with Crippen molar-refractivity contribution in [1.29, 1.82) is 5.26 Å². The van der Waals surface area contributed by atoms with E-state index < -0.39 is 5.54 Å². The van der Waals surface area contributed by atoms with Crippen molar-refractivity contribution >= 4 is 21.6 Å². The first-order chi connectivity index (χ1) is 8.54. The molecule has 0 bridgehead atoms. The number of hydrogen-bond acceptors (Lipinski definition) is 3. The second kappa shape index (κ2) is 5.29. The van der Waals surface area contributed by atoms with Crippen LogP contribution in [0.5, 0.6) is 0 Å². The van der Waals surface area contributed by atoms with Crippen LogP contribution in [-0.4, -0.2) is 18.6 Å². The van der Waals surface area contributed by atoms with Gasteiger partial charge in [-0.05, 0) is 49.9 Å². The maximum atomic E-state index is 9.03. The van der Waals surface area contributed by atoms with Gasteiger partial charge < -0.3 is 10.6 Å². The van der Waals surface area contributed by atoms with Crippen LogP contribution in [0.4, 0.5) is 5.69 Å². The fraction of sp³-hybridized carbons (Fsp3) is 0.500. The molecule has 0 spiro atoms. The van der Waals surface area contributed by atoms with Crippen molar-refractivity contribution in [1.82, 2.24) is 0 Å². The van der Waals surface area contributed by atoms with Crippen LogP contribution in [-0.2, 0) is 0 Å². The van der Waals surface area contributed by atoms with E-state index in [-0.39, 0.29) is 0 Å². The van der Waals surface area contributed by atoms with Crippen molar-refractivity contribution in [3.05, 3.63) is 28.7 Å². The summed E-state index contributed by atoms with van der Waals surface area (Å²) in [6.45, 7) is 0. The third-order valence-corrected chi connectivity index (χ3v) is 4.38. The van der Waals surface area contributed by atoms with Crippen molar-refractivity contribution in [2.24, 2.45) is 5.73 Å². The molecule has 0 aliphatic heterocycles. The number of anilines is 1. The van der Waals surface area contributed by atoms with Crippen molar-refractivity contribution in [3.8, 4) is 6.07 Å². The predicted octanol–water partition coefficient (Wildman–Crippen LogP) is 3.05. The Labute approximate surface area is 117 Å². The maximum absolute atomic E-state index is 9.03. The number of rotatable bonds is 2. The Kier molecular flexibility index (Phi) is 3.94. The molecule has 0 amide bonds. The Morgan fingerprint density at radius 1 is 1.33 bits per heavy atom. The smallest absolute Gasteiger partial charge is 0.104 e. The molecule has 1 aliphatic carbocycles. The molecule has 2 rings (SSSR count). The molecule has 18 heavy (non-hydrogen) atoms. The first-order valence-corrected chi connectivity index (χ1v) is 7.02. The zero-order chi connectivity index (χ0) is 13.2. The van der Waals surface area contributed by atoms with Crippen LogP contribution in [0, 0.1) is 11.3 Å². The molecule has 1 aromatic carbocycles. The summed E-state index contributed by atoms with van der Waals surface area (Å²) in [5.41, 5.74) is 6.61. The molecule has 3 nitrogen and oxygen atoms in total. The van der Waals surface area contributed by atoms with Gasteiger partial charge >= 0.3 is 0 Å². The van der Waals surface area contributed by atoms with Gasteiger partial charge in [-0.3, -0.25) is 0 Å². The van der Waals surface area contributed by atoms with Gasteiger partial charge in [0.25, 0.3) is 0 Å². The molecule has 0 atom stereocenters. The molecular weight excluding hydrogens is 290 g/mol. The van der Waals surface area contributed by atoms with Crippen LogP contribution in [0.1, 0.15) is 25.7 Å². The number of nitriles is 1. The Balaban J connectivity index is 2.02. The van der Waals surface area contributed by atoms with Crippen LogP contribution < -0.4 is 10.6 Å². The molecule has 0 aromatic heterocycles. The molecule has 4 heteroatoms. The van der Waals surface area contributed by atoms with Crippen LogP contribution >= 0.6 is 15.9 Å².